The molecule has 0 N–H and O–H groups in total. The third kappa shape index (κ3) is 4.80. The number of carbonyl (C=O) groups is 3. The largest absolute Gasteiger partial charge is 0.452 e. The maximum atomic E-state index is 13.0. The summed E-state index contributed by atoms with van der Waals surface area (Å²) in [5.74, 6) is -0.940. The van der Waals surface area contributed by atoms with Crippen molar-refractivity contribution in [1.29, 1.82) is 0 Å². The van der Waals surface area contributed by atoms with Gasteiger partial charge in [0.15, 0.2) is 6.10 Å². The fourth-order valence-corrected chi connectivity index (χ4v) is 4.52. The first-order chi connectivity index (χ1) is 15.4. The van der Waals surface area contributed by atoms with Crippen molar-refractivity contribution in [2.45, 2.75) is 38.7 Å². The summed E-state index contributed by atoms with van der Waals surface area (Å²) in [6, 6.07) is 14.7. The standard InChI is InChI=1S/C25H27ClN2O4/c1-17(23(29)28-14-4-6-18-5-2-3-7-22(18)28)32-25(31)20-12-15-27(16-13-20)24(30)19-8-10-21(26)11-9-19/h2-3,5,7-11,17,20H,4,6,12-16H2,1H3/t17-/m1/s1. The second-order valence-corrected chi connectivity index (χ2v) is 8.81. The predicted octanol–water partition coefficient (Wildman–Crippen LogP) is 4.10. The van der Waals surface area contributed by atoms with Gasteiger partial charge >= 0.3 is 5.97 Å². The number of fused-ring (bicyclic) bond motifs is 1. The van der Waals surface area contributed by atoms with Gasteiger partial charge in [0.05, 0.1) is 5.92 Å². The molecule has 1 atom stereocenters. The van der Waals surface area contributed by atoms with Crippen molar-refractivity contribution < 1.29 is 19.1 Å². The fourth-order valence-electron chi connectivity index (χ4n) is 4.40. The van der Waals surface area contributed by atoms with E-state index < -0.39 is 6.10 Å². The number of aryl methyl sites for hydroxylation is 1. The molecule has 0 saturated carbocycles. The molecule has 0 spiro atoms. The molecule has 4 rings (SSSR count). The molecule has 2 aromatic carbocycles. The number of carbonyl (C=O) groups excluding carboxylic acids is 3. The highest BCUT2D eigenvalue weighted by molar-refractivity contribution is 6.30. The molecule has 1 saturated heterocycles. The second kappa shape index (κ2) is 9.74. The van der Waals surface area contributed by atoms with Crippen molar-refractivity contribution in [2.24, 2.45) is 5.92 Å². The Kier molecular flexibility index (Phi) is 6.80. The molecular formula is C25H27ClN2O4. The van der Waals surface area contributed by atoms with Gasteiger partial charge in [0, 0.05) is 35.9 Å². The molecular weight excluding hydrogens is 428 g/mol. The summed E-state index contributed by atoms with van der Waals surface area (Å²) in [5, 5.41) is 0.583. The molecule has 1 fully saturated rings. The molecule has 2 amide bonds. The lowest BCUT2D eigenvalue weighted by molar-refractivity contribution is -0.159. The highest BCUT2D eigenvalue weighted by atomic mass is 35.5. The Morgan fingerprint density at radius 1 is 1.00 bits per heavy atom. The number of nitrogens with zero attached hydrogens (tertiary/aromatic N) is 2. The van der Waals surface area contributed by atoms with Gasteiger partial charge in [-0.05, 0) is 68.5 Å². The number of hydrogen-bond donors (Lipinski definition) is 0. The van der Waals surface area contributed by atoms with Crippen molar-refractivity contribution in [3.05, 3.63) is 64.7 Å². The van der Waals surface area contributed by atoms with Gasteiger partial charge in [0.1, 0.15) is 0 Å². The fraction of sp³-hybridized carbons (Fsp3) is 0.400. The van der Waals surface area contributed by atoms with E-state index in [4.69, 9.17) is 16.3 Å². The number of benzene rings is 2. The van der Waals surface area contributed by atoms with Crippen LogP contribution in [0.25, 0.3) is 0 Å². The smallest absolute Gasteiger partial charge is 0.309 e. The predicted molar refractivity (Wildman–Crippen MR) is 123 cm³/mol. The number of hydrogen-bond acceptors (Lipinski definition) is 4. The molecule has 2 aliphatic rings. The lowest BCUT2D eigenvalue weighted by Gasteiger charge is -2.33. The van der Waals surface area contributed by atoms with Crippen LogP contribution in [-0.4, -0.2) is 48.4 Å². The number of ether oxygens (including phenoxy) is 1. The van der Waals surface area contributed by atoms with E-state index in [9.17, 15) is 14.4 Å². The molecule has 6 nitrogen and oxygen atoms in total. The Bertz CT molecular complexity index is 999. The Balaban J connectivity index is 1.31. The van der Waals surface area contributed by atoms with Crippen molar-refractivity contribution in [3.8, 4) is 0 Å². The number of para-hydroxylation sites is 1. The normalized spacial score (nSPS) is 17.4. The van der Waals surface area contributed by atoms with Crippen molar-refractivity contribution in [3.63, 3.8) is 0 Å². The average molecular weight is 455 g/mol. The van der Waals surface area contributed by atoms with Gasteiger partial charge in [-0.2, -0.15) is 0 Å². The number of piperidine rings is 1. The molecule has 7 heteroatoms. The molecule has 0 aliphatic carbocycles. The Labute approximate surface area is 193 Å². The van der Waals surface area contributed by atoms with Crippen LogP contribution in [0.4, 0.5) is 5.69 Å². The number of esters is 1. The van der Waals surface area contributed by atoms with Crippen LogP contribution < -0.4 is 4.90 Å². The molecule has 2 heterocycles. The molecule has 2 aromatic rings. The number of rotatable bonds is 4. The van der Waals surface area contributed by atoms with Gasteiger partial charge in [-0.25, -0.2) is 0 Å². The number of likely N-dealkylation sites (tertiary alicyclic amines) is 1. The molecule has 0 aromatic heterocycles. The van der Waals surface area contributed by atoms with Crippen LogP contribution in [0.15, 0.2) is 48.5 Å². The lowest BCUT2D eigenvalue weighted by Crippen LogP contribution is -2.45. The van der Waals surface area contributed by atoms with Gasteiger partial charge in [0.25, 0.3) is 11.8 Å². The summed E-state index contributed by atoms with van der Waals surface area (Å²) in [4.78, 5) is 41.8. The van der Waals surface area contributed by atoms with Crippen molar-refractivity contribution in [2.75, 3.05) is 24.5 Å². The van der Waals surface area contributed by atoms with Gasteiger partial charge < -0.3 is 14.5 Å². The van der Waals surface area contributed by atoms with Crippen LogP contribution in [0.3, 0.4) is 0 Å². The number of halogens is 1. The van der Waals surface area contributed by atoms with Gasteiger partial charge in [-0.3, -0.25) is 14.4 Å². The Morgan fingerprint density at radius 2 is 1.69 bits per heavy atom. The first-order valence-electron chi connectivity index (χ1n) is 11.1. The van der Waals surface area contributed by atoms with Crippen molar-refractivity contribution >= 4 is 35.1 Å². The molecule has 0 bridgehead atoms. The quantitative estimate of drug-likeness (QED) is 0.652. The second-order valence-electron chi connectivity index (χ2n) is 8.37. The molecule has 0 unspecified atom stereocenters. The van der Waals surface area contributed by atoms with E-state index >= 15 is 0 Å². The molecule has 2 aliphatic heterocycles. The minimum atomic E-state index is -0.845. The minimum absolute atomic E-state index is 0.0687. The minimum Gasteiger partial charge on any atom is -0.452 e. The van der Waals surface area contributed by atoms with Crippen LogP contribution in [0.5, 0.6) is 0 Å². The summed E-state index contributed by atoms with van der Waals surface area (Å²) in [6.07, 6.45) is 2.03. The highest BCUT2D eigenvalue weighted by Crippen LogP contribution is 2.28. The van der Waals surface area contributed by atoms with Gasteiger partial charge in [0.2, 0.25) is 0 Å². The summed E-state index contributed by atoms with van der Waals surface area (Å²) in [7, 11) is 0. The van der Waals surface area contributed by atoms with E-state index in [1.807, 2.05) is 24.3 Å². The first kappa shape index (κ1) is 22.3. The zero-order chi connectivity index (χ0) is 22.7. The molecule has 32 heavy (non-hydrogen) atoms. The average Bonchev–Trinajstić information content (AvgIpc) is 2.83. The Morgan fingerprint density at radius 3 is 2.41 bits per heavy atom. The third-order valence-corrected chi connectivity index (χ3v) is 6.48. The summed E-state index contributed by atoms with van der Waals surface area (Å²) in [5.41, 5.74) is 2.63. The zero-order valence-electron chi connectivity index (χ0n) is 18.1. The van der Waals surface area contributed by atoms with Crippen LogP contribution in [-0.2, 0) is 20.7 Å². The first-order valence-corrected chi connectivity index (χ1v) is 11.5. The summed E-state index contributed by atoms with van der Waals surface area (Å²) < 4.78 is 5.57. The van der Waals surface area contributed by atoms with Gasteiger partial charge in [-0.1, -0.05) is 29.8 Å². The summed E-state index contributed by atoms with van der Waals surface area (Å²) >= 11 is 5.89. The number of amides is 2. The molecule has 168 valence electrons. The van der Waals surface area contributed by atoms with E-state index in [0.29, 0.717) is 43.1 Å². The van der Waals surface area contributed by atoms with Crippen LogP contribution >= 0.6 is 11.6 Å². The lowest BCUT2D eigenvalue weighted by atomic mass is 9.96. The SMILES string of the molecule is C[C@@H](OC(=O)C1CCN(C(=O)c2ccc(Cl)cc2)CC1)C(=O)N1CCCc2ccccc21. The zero-order valence-corrected chi connectivity index (χ0v) is 18.9. The van der Waals surface area contributed by atoms with Crippen LogP contribution in [0.1, 0.15) is 42.1 Å². The van der Waals surface area contributed by atoms with E-state index in [1.165, 1.54) is 0 Å². The van der Waals surface area contributed by atoms with Gasteiger partial charge in [-0.15, -0.1) is 0 Å². The topological polar surface area (TPSA) is 66.9 Å². The maximum Gasteiger partial charge on any atom is 0.309 e. The van der Waals surface area contributed by atoms with Crippen molar-refractivity contribution in [1.82, 2.24) is 4.90 Å². The third-order valence-electron chi connectivity index (χ3n) is 6.22. The maximum absolute atomic E-state index is 13.0. The van der Waals surface area contributed by atoms with Crippen LogP contribution in [0.2, 0.25) is 5.02 Å². The Hall–Kier alpha value is -2.86. The highest BCUT2D eigenvalue weighted by Gasteiger charge is 2.33. The summed E-state index contributed by atoms with van der Waals surface area (Å²) in [6.45, 7) is 3.21. The molecule has 0 radical (unpaired) electrons. The van der Waals surface area contributed by atoms with E-state index in [-0.39, 0.29) is 23.7 Å². The number of anilines is 1. The van der Waals surface area contributed by atoms with E-state index in [0.717, 1.165) is 24.1 Å². The van der Waals surface area contributed by atoms with Crippen LogP contribution in [0, 0.1) is 5.92 Å². The monoisotopic (exact) mass is 454 g/mol. The van der Waals surface area contributed by atoms with E-state index in [2.05, 4.69) is 0 Å². The van der Waals surface area contributed by atoms with E-state index in [1.54, 1.807) is 41.0 Å².